The van der Waals surface area contributed by atoms with Crippen LogP contribution in [0.2, 0.25) is 5.02 Å². The SMILES string of the molecule is OCc1c(Cl)cccc1OCCOC(F)(F)F. The summed E-state index contributed by atoms with van der Waals surface area (Å²) in [6, 6.07) is 4.62. The third-order valence-corrected chi connectivity index (χ3v) is 2.19. The molecule has 0 unspecified atom stereocenters. The summed E-state index contributed by atoms with van der Waals surface area (Å²) < 4.78 is 43.5. The summed E-state index contributed by atoms with van der Waals surface area (Å²) in [5.74, 6) is 0.241. The summed E-state index contributed by atoms with van der Waals surface area (Å²) in [4.78, 5) is 0. The van der Waals surface area contributed by atoms with E-state index >= 15 is 0 Å². The van der Waals surface area contributed by atoms with Gasteiger partial charge in [-0.25, -0.2) is 0 Å². The highest BCUT2D eigenvalue weighted by Crippen LogP contribution is 2.26. The van der Waals surface area contributed by atoms with Gasteiger partial charge in [-0.15, -0.1) is 13.2 Å². The maximum Gasteiger partial charge on any atom is 0.522 e. The average Bonchev–Trinajstić information content (AvgIpc) is 2.23. The van der Waals surface area contributed by atoms with E-state index in [1.54, 1.807) is 12.1 Å². The van der Waals surface area contributed by atoms with Crippen LogP contribution >= 0.6 is 11.6 Å². The zero-order valence-corrected chi connectivity index (χ0v) is 9.38. The van der Waals surface area contributed by atoms with Gasteiger partial charge in [0.2, 0.25) is 0 Å². The van der Waals surface area contributed by atoms with Gasteiger partial charge in [-0.2, -0.15) is 0 Å². The number of hydrogen-bond acceptors (Lipinski definition) is 3. The van der Waals surface area contributed by atoms with Crippen LogP contribution in [0.5, 0.6) is 5.75 Å². The van der Waals surface area contributed by atoms with E-state index in [9.17, 15) is 13.2 Å². The summed E-state index contributed by atoms with van der Waals surface area (Å²) in [5.41, 5.74) is 0.334. The molecule has 7 heteroatoms. The molecular weight excluding hydrogens is 261 g/mol. The third kappa shape index (κ3) is 4.80. The van der Waals surface area contributed by atoms with Crippen LogP contribution < -0.4 is 4.74 Å². The zero-order chi connectivity index (χ0) is 12.9. The number of rotatable bonds is 5. The number of benzene rings is 1. The highest BCUT2D eigenvalue weighted by molar-refractivity contribution is 6.31. The molecule has 0 spiro atoms. The first-order chi connectivity index (χ1) is 7.94. The Labute approximate surface area is 101 Å². The fourth-order valence-electron chi connectivity index (χ4n) is 1.14. The Morgan fingerprint density at radius 1 is 1.24 bits per heavy atom. The Morgan fingerprint density at radius 3 is 2.53 bits per heavy atom. The summed E-state index contributed by atoms with van der Waals surface area (Å²) >= 11 is 5.76. The van der Waals surface area contributed by atoms with Crippen molar-refractivity contribution in [3.8, 4) is 5.75 Å². The number of aliphatic hydroxyl groups excluding tert-OH is 1. The molecule has 0 aliphatic rings. The quantitative estimate of drug-likeness (QED) is 0.836. The van der Waals surface area contributed by atoms with E-state index in [1.807, 2.05) is 0 Å². The van der Waals surface area contributed by atoms with Crippen molar-refractivity contribution >= 4 is 11.6 Å². The Hall–Kier alpha value is -0.980. The molecule has 0 saturated carbocycles. The van der Waals surface area contributed by atoms with Crippen LogP contribution in [0, 0.1) is 0 Å². The minimum absolute atomic E-state index is 0.241. The number of halogens is 4. The molecule has 0 bridgehead atoms. The van der Waals surface area contributed by atoms with Gasteiger partial charge in [0.25, 0.3) is 0 Å². The van der Waals surface area contributed by atoms with E-state index in [4.69, 9.17) is 21.4 Å². The number of aliphatic hydroxyl groups is 1. The van der Waals surface area contributed by atoms with Crippen LogP contribution in [0.1, 0.15) is 5.56 Å². The molecule has 0 atom stereocenters. The summed E-state index contributed by atoms with van der Waals surface area (Å²) in [6.45, 7) is -1.26. The molecule has 0 aromatic heterocycles. The van der Waals surface area contributed by atoms with Crippen LogP contribution in [0.3, 0.4) is 0 Å². The molecule has 0 amide bonds. The molecule has 1 aromatic carbocycles. The fraction of sp³-hybridized carbons (Fsp3) is 0.400. The van der Waals surface area contributed by atoms with Crippen molar-refractivity contribution in [2.75, 3.05) is 13.2 Å². The molecule has 0 heterocycles. The third-order valence-electron chi connectivity index (χ3n) is 1.84. The van der Waals surface area contributed by atoms with E-state index in [-0.39, 0.29) is 19.0 Å². The van der Waals surface area contributed by atoms with Gasteiger partial charge in [0, 0.05) is 10.6 Å². The van der Waals surface area contributed by atoms with Crippen molar-refractivity contribution in [2.24, 2.45) is 0 Å². The van der Waals surface area contributed by atoms with Crippen molar-refractivity contribution in [1.29, 1.82) is 0 Å². The molecule has 3 nitrogen and oxygen atoms in total. The Bertz CT molecular complexity index is 368. The zero-order valence-electron chi connectivity index (χ0n) is 8.63. The summed E-state index contributed by atoms with van der Waals surface area (Å²) in [7, 11) is 0. The lowest BCUT2D eigenvalue weighted by Gasteiger charge is -2.12. The minimum Gasteiger partial charge on any atom is -0.491 e. The monoisotopic (exact) mass is 270 g/mol. The highest BCUT2D eigenvalue weighted by Gasteiger charge is 2.28. The van der Waals surface area contributed by atoms with Crippen molar-refractivity contribution in [3.05, 3.63) is 28.8 Å². The molecule has 96 valence electrons. The lowest BCUT2D eigenvalue weighted by Crippen LogP contribution is -2.18. The first-order valence-corrected chi connectivity index (χ1v) is 5.03. The maximum atomic E-state index is 11.7. The van der Waals surface area contributed by atoms with Gasteiger partial charge < -0.3 is 9.84 Å². The number of alkyl halides is 3. The van der Waals surface area contributed by atoms with Crippen molar-refractivity contribution in [3.63, 3.8) is 0 Å². The number of ether oxygens (including phenoxy) is 2. The minimum atomic E-state index is -4.67. The lowest BCUT2D eigenvalue weighted by atomic mass is 10.2. The normalized spacial score (nSPS) is 11.6. The topological polar surface area (TPSA) is 38.7 Å². The van der Waals surface area contributed by atoms with Gasteiger partial charge >= 0.3 is 6.36 Å². The van der Waals surface area contributed by atoms with Gasteiger partial charge in [-0.3, -0.25) is 4.74 Å². The standard InChI is InChI=1S/C10H10ClF3O3/c11-8-2-1-3-9(7(8)6-15)16-4-5-17-10(12,13)14/h1-3,15H,4-6H2. The van der Waals surface area contributed by atoms with Crippen molar-refractivity contribution in [2.45, 2.75) is 13.0 Å². The lowest BCUT2D eigenvalue weighted by molar-refractivity contribution is -0.325. The number of hydrogen-bond donors (Lipinski definition) is 1. The van der Waals surface area contributed by atoms with Gasteiger partial charge in [-0.05, 0) is 12.1 Å². The molecule has 0 aliphatic heterocycles. The second kappa shape index (κ2) is 6.09. The fourth-order valence-corrected chi connectivity index (χ4v) is 1.36. The Morgan fingerprint density at radius 2 is 1.94 bits per heavy atom. The van der Waals surface area contributed by atoms with E-state index in [2.05, 4.69) is 4.74 Å². The molecule has 17 heavy (non-hydrogen) atoms. The first kappa shape index (κ1) is 14.1. The molecule has 0 aliphatic carbocycles. The van der Waals surface area contributed by atoms with E-state index < -0.39 is 13.0 Å². The van der Waals surface area contributed by atoms with Crippen LogP contribution in [-0.4, -0.2) is 24.7 Å². The molecule has 0 radical (unpaired) electrons. The second-order valence-electron chi connectivity index (χ2n) is 3.02. The summed E-state index contributed by atoms with van der Waals surface area (Å²) in [5, 5.41) is 9.30. The molecule has 0 fully saturated rings. The van der Waals surface area contributed by atoms with Crippen molar-refractivity contribution in [1.82, 2.24) is 0 Å². The predicted octanol–water partition coefficient (Wildman–Crippen LogP) is 2.75. The van der Waals surface area contributed by atoms with E-state index in [1.165, 1.54) is 6.07 Å². The molecule has 0 saturated heterocycles. The van der Waals surface area contributed by atoms with Gasteiger partial charge in [0.05, 0.1) is 13.2 Å². The van der Waals surface area contributed by atoms with Gasteiger partial charge in [0.15, 0.2) is 0 Å². The van der Waals surface area contributed by atoms with Gasteiger partial charge in [-0.1, -0.05) is 17.7 Å². The average molecular weight is 271 g/mol. The van der Waals surface area contributed by atoms with Crippen molar-refractivity contribution < 1.29 is 27.8 Å². The summed E-state index contributed by atoms with van der Waals surface area (Å²) in [6.07, 6.45) is -4.67. The van der Waals surface area contributed by atoms with E-state index in [0.717, 1.165) is 0 Å². The largest absolute Gasteiger partial charge is 0.522 e. The highest BCUT2D eigenvalue weighted by atomic mass is 35.5. The molecular formula is C10H10ClF3O3. The van der Waals surface area contributed by atoms with E-state index in [0.29, 0.717) is 10.6 Å². The van der Waals surface area contributed by atoms with Gasteiger partial charge in [0.1, 0.15) is 12.4 Å². The first-order valence-electron chi connectivity index (χ1n) is 4.66. The van der Waals surface area contributed by atoms with Crippen LogP contribution in [-0.2, 0) is 11.3 Å². The van der Waals surface area contributed by atoms with Crippen LogP contribution in [0.15, 0.2) is 18.2 Å². The molecule has 1 rings (SSSR count). The molecule has 1 N–H and O–H groups in total. The van der Waals surface area contributed by atoms with Crippen LogP contribution in [0.4, 0.5) is 13.2 Å². The van der Waals surface area contributed by atoms with Crippen LogP contribution in [0.25, 0.3) is 0 Å². The molecule has 1 aromatic rings. The smallest absolute Gasteiger partial charge is 0.491 e. The Balaban J connectivity index is 2.49. The maximum absolute atomic E-state index is 11.7. The second-order valence-corrected chi connectivity index (χ2v) is 3.42. The Kier molecular flexibility index (Phi) is 5.04. The predicted molar refractivity (Wildman–Crippen MR) is 54.9 cm³/mol.